The van der Waals surface area contributed by atoms with Gasteiger partial charge in [-0.2, -0.15) is 0 Å². The summed E-state index contributed by atoms with van der Waals surface area (Å²) in [5.74, 6) is -11.9. The molecule has 6 atom stereocenters. The average molecular weight is 809 g/mol. The third kappa shape index (κ3) is 19.5. The first kappa shape index (κ1) is 48.3. The fourth-order valence-corrected chi connectivity index (χ4v) is 4.65. The number of aliphatic hydroxyl groups excluding tert-OH is 1. The van der Waals surface area contributed by atoms with Crippen LogP contribution in [0.2, 0.25) is 0 Å². The minimum absolute atomic E-state index is 0.0779. The number of nitrogens with two attached hydrogens (primary N) is 3. The molecular weight excluding hydrogens is 760 g/mol. The van der Waals surface area contributed by atoms with Gasteiger partial charge in [0.05, 0.1) is 32.2 Å². The number of carbonyl (C=O) groups is 11. The Morgan fingerprint density at radius 3 is 1.60 bits per heavy atom. The molecule has 0 saturated heterocycles. The summed E-state index contributed by atoms with van der Waals surface area (Å²) in [7, 11) is 0. The molecular formula is C33H48N10O14. The average Bonchev–Trinajstić information content (AvgIpc) is 3.14. The molecule has 0 saturated carbocycles. The lowest BCUT2D eigenvalue weighted by Crippen LogP contribution is -2.58. The van der Waals surface area contributed by atoms with Crippen LogP contribution < -0.4 is 54.4 Å². The van der Waals surface area contributed by atoms with E-state index in [1.165, 1.54) is 6.92 Å². The summed E-state index contributed by atoms with van der Waals surface area (Å²) in [4.78, 5) is 135. The molecule has 24 heteroatoms. The minimum atomic E-state index is -1.87. The van der Waals surface area contributed by atoms with Gasteiger partial charge in [-0.05, 0) is 31.7 Å². The highest BCUT2D eigenvalue weighted by atomic mass is 16.4. The van der Waals surface area contributed by atoms with Gasteiger partial charge in [0.15, 0.2) is 0 Å². The van der Waals surface area contributed by atoms with Gasteiger partial charge in [-0.1, -0.05) is 30.3 Å². The number of primary amides is 2. The van der Waals surface area contributed by atoms with Crippen LogP contribution >= 0.6 is 0 Å². The maximum absolute atomic E-state index is 13.4. The molecule has 0 unspecified atom stereocenters. The van der Waals surface area contributed by atoms with Crippen LogP contribution in [0.5, 0.6) is 0 Å². The molecule has 0 radical (unpaired) electrons. The Balaban J connectivity index is 2.96. The van der Waals surface area contributed by atoms with Crippen LogP contribution in [0.15, 0.2) is 30.3 Å². The first-order chi connectivity index (χ1) is 26.7. The molecule has 0 aromatic heterocycles. The number of carboxylic acid groups (broad SMARTS) is 2. The smallest absolute Gasteiger partial charge is 0.328 e. The number of aliphatic carboxylic acids is 2. The lowest BCUT2D eigenvalue weighted by atomic mass is 10.0. The van der Waals surface area contributed by atoms with Gasteiger partial charge in [0, 0.05) is 12.8 Å². The summed E-state index contributed by atoms with van der Waals surface area (Å²) >= 11 is 0. The van der Waals surface area contributed by atoms with Crippen molar-refractivity contribution in [2.24, 2.45) is 17.2 Å². The van der Waals surface area contributed by atoms with Crippen molar-refractivity contribution in [3.8, 4) is 0 Å². The van der Waals surface area contributed by atoms with Crippen molar-refractivity contribution in [1.29, 1.82) is 0 Å². The minimum Gasteiger partial charge on any atom is -0.481 e. The molecule has 314 valence electrons. The summed E-state index contributed by atoms with van der Waals surface area (Å²) in [5.41, 5.74) is 17.2. The number of amides is 9. The molecule has 57 heavy (non-hydrogen) atoms. The number of hydrogen-bond donors (Lipinski definition) is 13. The Kier molecular flexibility index (Phi) is 20.9. The van der Waals surface area contributed by atoms with Crippen molar-refractivity contribution in [2.75, 3.05) is 19.7 Å². The summed E-state index contributed by atoms with van der Waals surface area (Å²) in [6.07, 6.45) is -2.64. The second kappa shape index (κ2) is 24.7. The van der Waals surface area contributed by atoms with E-state index in [1.807, 2.05) is 5.32 Å². The number of carboxylic acids is 2. The quantitative estimate of drug-likeness (QED) is 0.0414. The number of hydrogen-bond acceptors (Lipinski definition) is 13. The number of nitrogens with one attached hydrogen (secondary N) is 7. The van der Waals surface area contributed by atoms with Crippen molar-refractivity contribution in [1.82, 2.24) is 37.2 Å². The number of rotatable bonds is 26. The highest BCUT2D eigenvalue weighted by Crippen LogP contribution is 2.07. The van der Waals surface area contributed by atoms with Crippen LogP contribution in [0.25, 0.3) is 0 Å². The Bertz CT molecular complexity index is 1640. The molecule has 0 aliphatic rings. The Labute approximate surface area is 324 Å². The van der Waals surface area contributed by atoms with Gasteiger partial charge in [0.25, 0.3) is 0 Å². The maximum atomic E-state index is 13.4. The Morgan fingerprint density at radius 1 is 0.614 bits per heavy atom. The first-order valence-electron chi connectivity index (χ1n) is 17.2. The van der Waals surface area contributed by atoms with Gasteiger partial charge in [-0.15, -0.1) is 0 Å². The van der Waals surface area contributed by atoms with Crippen LogP contribution in [0.4, 0.5) is 0 Å². The van der Waals surface area contributed by atoms with E-state index in [0.29, 0.717) is 5.56 Å². The van der Waals surface area contributed by atoms with Gasteiger partial charge in [0.2, 0.25) is 53.2 Å². The van der Waals surface area contributed by atoms with Crippen molar-refractivity contribution in [2.45, 2.75) is 81.7 Å². The second-order valence-corrected chi connectivity index (χ2v) is 12.5. The highest BCUT2D eigenvalue weighted by molar-refractivity contribution is 5.97. The molecule has 0 aliphatic carbocycles. The van der Waals surface area contributed by atoms with E-state index >= 15 is 0 Å². The molecule has 0 fully saturated rings. The SMILES string of the molecule is C[C@H](NC(=O)CNC(=O)CNC(=O)[C@H](CC(=O)O)NC(=O)[C@H](CCC(N)=O)NC(=O)[C@H](CCC(N)=O)NC(=O)[C@@H](N)Cc1ccccc1)C(=O)N[C@@H](CO)C(=O)O. The van der Waals surface area contributed by atoms with Crippen molar-refractivity contribution in [3.63, 3.8) is 0 Å². The first-order valence-corrected chi connectivity index (χ1v) is 17.2. The number of benzene rings is 1. The molecule has 24 nitrogen and oxygen atoms in total. The van der Waals surface area contributed by atoms with Crippen LogP contribution in [0.1, 0.15) is 44.6 Å². The zero-order chi connectivity index (χ0) is 43.2. The Morgan fingerprint density at radius 2 is 1.11 bits per heavy atom. The standard InChI is InChI=1S/C33H48N10O14/c1-16(28(51)43-22(15-44)33(56)57)39-26(48)14-37-25(47)13-38-30(53)21(12-27(49)50)42-32(55)20(8-10-24(36)46)41-31(54)19(7-9-23(35)45)40-29(52)18(34)11-17-5-3-2-4-6-17/h2-6,16,18-22,44H,7-15,34H2,1H3,(H2,35,45)(H2,36,46)(H,37,47)(H,38,53)(H,39,48)(H,40,52)(H,41,54)(H,42,55)(H,43,51)(H,49,50)(H,56,57)/t16-,18-,19-,20-,21-,22-/m0/s1. The molecule has 0 spiro atoms. The Hall–Kier alpha value is -6.69. The van der Waals surface area contributed by atoms with Crippen LogP contribution in [-0.2, 0) is 59.2 Å². The van der Waals surface area contributed by atoms with E-state index in [1.54, 1.807) is 30.3 Å². The predicted molar refractivity (Wildman–Crippen MR) is 193 cm³/mol. The van der Waals surface area contributed by atoms with Gasteiger partial charge < -0.3 is 69.7 Å². The van der Waals surface area contributed by atoms with E-state index in [0.717, 1.165) is 0 Å². The molecule has 1 aromatic rings. The second-order valence-electron chi connectivity index (χ2n) is 12.5. The number of carbonyl (C=O) groups excluding carboxylic acids is 9. The van der Waals surface area contributed by atoms with E-state index in [9.17, 15) is 57.8 Å². The molecule has 16 N–H and O–H groups in total. The summed E-state index contributed by atoms with van der Waals surface area (Å²) in [6, 6.07) is -0.426. The van der Waals surface area contributed by atoms with Crippen molar-refractivity contribution in [3.05, 3.63) is 35.9 Å². The van der Waals surface area contributed by atoms with E-state index in [-0.39, 0.29) is 19.3 Å². The van der Waals surface area contributed by atoms with Crippen LogP contribution in [0.3, 0.4) is 0 Å². The highest BCUT2D eigenvalue weighted by Gasteiger charge is 2.32. The molecule has 1 aromatic carbocycles. The zero-order valence-corrected chi connectivity index (χ0v) is 30.8. The van der Waals surface area contributed by atoms with Gasteiger partial charge in [-0.25, -0.2) is 4.79 Å². The largest absolute Gasteiger partial charge is 0.481 e. The van der Waals surface area contributed by atoms with Crippen LogP contribution in [0, 0.1) is 0 Å². The summed E-state index contributed by atoms with van der Waals surface area (Å²) in [6.45, 7) is -1.30. The molecule has 1 rings (SSSR count). The molecule has 0 bridgehead atoms. The third-order valence-electron chi connectivity index (χ3n) is 7.71. The fourth-order valence-electron chi connectivity index (χ4n) is 4.65. The lowest BCUT2D eigenvalue weighted by Gasteiger charge is -2.25. The summed E-state index contributed by atoms with van der Waals surface area (Å²) in [5, 5.41) is 42.4. The van der Waals surface area contributed by atoms with E-state index in [2.05, 4.69) is 31.9 Å². The molecule has 9 amide bonds. The van der Waals surface area contributed by atoms with E-state index < -0.39 is 140 Å². The lowest BCUT2D eigenvalue weighted by molar-refractivity contribution is -0.143. The van der Waals surface area contributed by atoms with Crippen LogP contribution in [-0.4, -0.2) is 136 Å². The third-order valence-corrected chi connectivity index (χ3v) is 7.71. The van der Waals surface area contributed by atoms with Gasteiger partial charge in [-0.3, -0.25) is 47.9 Å². The van der Waals surface area contributed by atoms with Gasteiger partial charge in [0.1, 0.15) is 30.2 Å². The monoisotopic (exact) mass is 808 g/mol. The fraction of sp³-hybridized carbons (Fsp3) is 0.485. The number of aliphatic hydroxyl groups is 1. The molecule has 0 aliphatic heterocycles. The predicted octanol–water partition coefficient (Wildman–Crippen LogP) is -6.68. The summed E-state index contributed by atoms with van der Waals surface area (Å²) < 4.78 is 0. The molecule has 0 heterocycles. The zero-order valence-electron chi connectivity index (χ0n) is 30.8. The van der Waals surface area contributed by atoms with E-state index in [4.69, 9.17) is 27.4 Å². The maximum Gasteiger partial charge on any atom is 0.328 e. The topological polar surface area (TPSA) is 411 Å². The van der Waals surface area contributed by atoms with Gasteiger partial charge >= 0.3 is 11.9 Å². The normalized spacial score (nSPS) is 13.7. The van der Waals surface area contributed by atoms with Crippen molar-refractivity contribution >= 4 is 65.1 Å². The van der Waals surface area contributed by atoms with Crippen molar-refractivity contribution < 1.29 is 68.1 Å².